The summed E-state index contributed by atoms with van der Waals surface area (Å²) in [6, 6.07) is -1.46. The Morgan fingerprint density at radius 1 is 1.24 bits per heavy atom. The summed E-state index contributed by atoms with van der Waals surface area (Å²) in [6.07, 6.45) is 2.98. The van der Waals surface area contributed by atoms with Crippen LogP contribution in [-0.2, 0) is 9.59 Å². The third kappa shape index (κ3) is 5.61. The summed E-state index contributed by atoms with van der Waals surface area (Å²) >= 11 is 0. The molecule has 120 valence electrons. The van der Waals surface area contributed by atoms with Crippen molar-refractivity contribution in [1.29, 1.82) is 0 Å². The van der Waals surface area contributed by atoms with Crippen LogP contribution in [0.25, 0.3) is 0 Å². The SMILES string of the molecule is CC[C@H](C)[C@H](NC(=O)NCCC(=O)N1CCCC1)C(=O)O. The van der Waals surface area contributed by atoms with Gasteiger partial charge in [0.1, 0.15) is 6.04 Å². The first-order valence-corrected chi connectivity index (χ1v) is 7.50. The van der Waals surface area contributed by atoms with Gasteiger partial charge in [-0.3, -0.25) is 4.79 Å². The van der Waals surface area contributed by atoms with Crippen molar-refractivity contribution in [3.05, 3.63) is 0 Å². The first-order chi connectivity index (χ1) is 9.95. The van der Waals surface area contributed by atoms with E-state index in [0.717, 1.165) is 25.9 Å². The highest BCUT2D eigenvalue weighted by atomic mass is 16.4. The minimum Gasteiger partial charge on any atom is -0.480 e. The summed E-state index contributed by atoms with van der Waals surface area (Å²) in [5, 5.41) is 14.1. The average molecular weight is 299 g/mol. The molecular weight excluding hydrogens is 274 g/mol. The summed E-state index contributed by atoms with van der Waals surface area (Å²) in [5.74, 6) is -1.17. The zero-order chi connectivity index (χ0) is 15.8. The van der Waals surface area contributed by atoms with E-state index >= 15 is 0 Å². The Bertz CT molecular complexity index is 380. The Hall–Kier alpha value is -1.79. The number of carboxylic acids is 1. The van der Waals surface area contributed by atoms with E-state index in [0.29, 0.717) is 6.42 Å². The lowest BCUT2D eigenvalue weighted by Gasteiger charge is -2.20. The zero-order valence-corrected chi connectivity index (χ0v) is 12.7. The van der Waals surface area contributed by atoms with Gasteiger partial charge in [-0.15, -0.1) is 0 Å². The van der Waals surface area contributed by atoms with Crippen molar-refractivity contribution >= 4 is 17.9 Å². The Balaban J connectivity index is 2.29. The number of amides is 3. The van der Waals surface area contributed by atoms with Crippen molar-refractivity contribution in [3.8, 4) is 0 Å². The Kier molecular flexibility index (Phi) is 6.98. The predicted molar refractivity (Wildman–Crippen MR) is 77.8 cm³/mol. The van der Waals surface area contributed by atoms with E-state index in [-0.39, 0.29) is 24.8 Å². The number of carboxylic acid groups (broad SMARTS) is 1. The van der Waals surface area contributed by atoms with Crippen LogP contribution in [0.1, 0.15) is 39.5 Å². The maximum atomic E-state index is 11.8. The van der Waals surface area contributed by atoms with E-state index in [4.69, 9.17) is 5.11 Å². The maximum Gasteiger partial charge on any atom is 0.326 e. The monoisotopic (exact) mass is 299 g/mol. The van der Waals surface area contributed by atoms with Gasteiger partial charge in [0, 0.05) is 26.1 Å². The lowest BCUT2D eigenvalue weighted by atomic mass is 9.99. The zero-order valence-electron chi connectivity index (χ0n) is 12.7. The van der Waals surface area contributed by atoms with E-state index < -0.39 is 18.0 Å². The van der Waals surface area contributed by atoms with Gasteiger partial charge in [-0.25, -0.2) is 9.59 Å². The van der Waals surface area contributed by atoms with Crippen molar-refractivity contribution in [3.63, 3.8) is 0 Å². The van der Waals surface area contributed by atoms with Crippen LogP contribution in [0.15, 0.2) is 0 Å². The fourth-order valence-corrected chi connectivity index (χ4v) is 2.28. The molecule has 0 aliphatic carbocycles. The molecule has 7 heteroatoms. The van der Waals surface area contributed by atoms with Crippen LogP contribution < -0.4 is 10.6 Å². The second-order valence-electron chi connectivity index (χ2n) is 5.44. The summed E-state index contributed by atoms with van der Waals surface area (Å²) in [6.45, 7) is 5.44. The second kappa shape index (κ2) is 8.49. The van der Waals surface area contributed by atoms with Crippen molar-refractivity contribution in [1.82, 2.24) is 15.5 Å². The number of carbonyl (C=O) groups is 3. The number of nitrogens with one attached hydrogen (secondary N) is 2. The Labute approximate surface area is 125 Å². The molecule has 0 radical (unpaired) electrons. The maximum absolute atomic E-state index is 11.8. The number of aliphatic carboxylic acids is 1. The van der Waals surface area contributed by atoms with Crippen LogP contribution in [0.5, 0.6) is 0 Å². The van der Waals surface area contributed by atoms with Crippen LogP contribution in [0.4, 0.5) is 4.79 Å². The lowest BCUT2D eigenvalue weighted by molar-refractivity contribution is -0.140. The molecule has 0 aromatic rings. The summed E-state index contributed by atoms with van der Waals surface area (Å²) in [4.78, 5) is 36.3. The third-order valence-corrected chi connectivity index (χ3v) is 3.85. The highest BCUT2D eigenvalue weighted by Crippen LogP contribution is 2.09. The molecule has 21 heavy (non-hydrogen) atoms. The topological polar surface area (TPSA) is 98.7 Å². The molecule has 0 aromatic carbocycles. The van der Waals surface area contributed by atoms with Gasteiger partial charge in [0.15, 0.2) is 0 Å². The third-order valence-electron chi connectivity index (χ3n) is 3.85. The van der Waals surface area contributed by atoms with Gasteiger partial charge in [0.25, 0.3) is 0 Å². The van der Waals surface area contributed by atoms with Crippen LogP contribution >= 0.6 is 0 Å². The van der Waals surface area contributed by atoms with Gasteiger partial charge in [-0.05, 0) is 18.8 Å². The molecular formula is C14H25N3O4. The number of urea groups is 1. The fraction of sp³-hybridized carbons (Fsp3) is 0.786. The van der Waals surface area contributed by atoms with E-state index in [9.17, 15) is 14.4 Å². The molecule has 1 heterocycles. The molecule has 0 spiro atoms. The van der Waals surface area contributed by atoms with Crippen LogP contribution in [0.2, 0.25) is 0 Å². The van der Waals surface area contributed by atoms with Crippen LogP contribution in [-0.4, -0.2) is 53.6 Å². The number of hydrogen-bond acceptors (Lipinski definition) is 3. The minimum absolute atomic E-state index is 0.0320. The van der Waals surface area contributed by atoms with Crippen LogP contribution in [0.3, 0.4) is 0 Å². The van der Waals surface area contributed by atoms with Crippen molar-refractivity contribution in [2.24, 2.45) is 5.92 Å². The molecule has 7 nitrogen and oxygen atoms in total. The number of carbonyl (C=O) groups excluding carboxylic acids is 2. The first kappa shape index (κ1) is 17.3. The molecule has 0 unspecified atom stereocenters. The molecule has 1 fully saturated rings. The van der Waals surface area contributed by atoms with Gasteiger partial charge >= 0.3 is 12.0 Å². The minimum atomic E-state index is -1.05. The number of hydrogen-bond donors (Lipinski definition) is 3. The second-order valence-corrected chi connectivity index (χ2v) is 5.44. The Morgan fingerprint density at radius 2 is 1.86 bits per heavy atom. The normalized spacial score (nSPS) is 17.1. The summed E-state index contributed by atoms with van der Waals surface area (Å²) in [7, 11) is 0. The molecule has 0 aromatic heterocycles. The van der Waals surface area contributed by atoms with Gasteiger partial charge < -0.3 is 20.6 Å². The Morgan fingerprint density at radius 3 is 2.38 bits per heavy atom. The molecule has 2 atom stereocenters. The van der Waals surface area contributed by atoms with Crippen LogP contribution in [0, 0.1) is 5.92 Å². The highest BCUT2D eigenvalue weighted by Gasteiger charge is 2.25. The van der Waals surface area contributed by atoms with Crippen molar-refractivity contribution in [2.75, 3.05) is 19.6 Å². The van der Waals surface area contributed by atoms with E-state index in [1.807, 2.05) is 6.92 Å². The molecule has 0 bridgehead atoms. The quantitative estimate of drug-likeness (QED) is 0.647. The average Bonchev–Trinajstić information content (AvgIpc) is 2.97. The number of nitrogens with zero attached hydrogens (tertiary/aromatic N) is 1. The fourth-order valence-electron chi connectivity index (χ4n) is 2.28. The highest BCUT2D eigenvalue weighted by molar-refractivity contribution is 5.83. The lowest BCUT2D eigenvalue weighted by Crippen LogP contribution is -2.49. The van der Waals surface area contributed by atoms with Gasteiger partial charge in [-0.2, -0.15) is 0 Å². The van der Waals surface area contributed by atoms with E-state index in [2.05, 4.69) is 10.6 Å². The van der Waals surface area contributed by atoms with Gasteiger partial charge in [-0.1, -0.05) is 20.3 Å². The first-order valence-electron chi connectivity index (χ1n) is 7.50. The van der Waals surface area contributed by atoms with Crippen molar-refractivity contribution in [2.45, 2.75) is 45.6 Å². The molecule has 3 amide bonds. The van der Waals surface area contributed by atoms with Gasteiger partial charge in [0.2, 0.25) is 5.91 Å². The van der Waals surface area contributed by atoms with E-state index in [1.165, 1.54) is 0 Å². The molecule has 3 N–H and O–H groups in total. The van der Waals surface area contributed by atoms with Crippen molar-refractivity contribution < 1.29 is 19.5 Å². The predicted octanol–water partition coefficient (Wildman–Crippen LogP) is 0.797. The standard InChI is InChI=1S/C14H25N3O4/c1-3-10(2)12(13(19)20)16-14(21)15-7-6-11(18)17-8-4-5-9-17/h10,12H,3-9H2,1-2H3,(H,19,20)(H2,15,16,21)/t10-,12-/m0/s1. The van der Waals surface area contributed by atoms with Gasteiger partial charge in [0.05, 0.1) is 0 Å². The number of likely N-dealkylation sites (tertiary alicyclic amines) is 1. The van der Waals surface area contributed by atoms with E-state index in [1.54, 1.807) is 11.8 Å². The number of rotatable bonds is 7. The molecule has 1 rings (SSSR count). The molecule has 1 aliphatic rings. The molecule has 1 aliphatic heterocycles. The summed E-state index contributed by atoms with van der Waals surface area (Å²) in [5.41, 5.74) is 0. The molecule has 1 saturated heterocycles. The largest absolute Gasteiger partial charge is 0.480 e. The smallest absolute Gasteiger partial charge is 0.326 e. The summed E-state index contributed by atoms with van der Waals surface area (Å²) < 4.78 is 0. The molecule has 0 saturated carbocycles.